The Bertz CT molecular complexity index is 264. The van der Waals surface area contributed by atoms with Gasteiger partial charge >= 0.3 is 5.97 Å². The van der Waals surface area contributed by atoms with Gasteiger partial charge in [-0.2, -0.15) is 0 Å². The molecule has 0 rings (SSSR count). The molecule has 5 heteroatoms. The third kappa shape index (κ3) is 7.42. The van der Waals surface area contributed by atoms with Crippen LogP contribution in [0.3, 0.4) is 0 Å². The predicted molar refractivity (Wildman–Crippen MR) is 68.1 cm³/mol. The lowest BCUT2D eigenvalue weighted by Crippen LogP contribution is -2.30. The van der Waals surface area contributed by atoms with E-state index >= 15 is 0 Å². The lowest BCUT2D eigenvalue weighted by molar-refractivity contribution is -0.151. The van der Waals surface area contributed by atoms with Crippen molar-refractivity contribution in [3.63, 3.8) is 0 Å². The predicted octanol–water partition coefficient (Wildman–Crippen LogP) is 1.03. The molecule has 0 fully saturated rings. The second-order valence-corrected chi connectivity index (χ2v) is 4.43. The van der Waals surface area contributed by atoms with Gasteiger partial charge in [-0.15, -0.1) is 0 Å². The maximum atomic E-state index is 11.3. The van der Waals surface area contributed by atoms with Crippen LogP contribution < -0.4 is 0 Å². The summed E-state index contributed by atoms with van der Waals surface area (Å²) in [5.41, 5.74) is 0.280. The minimum absolute atomic E-state index is 0.104. The first-order valence-electron chi connectivity index (χ1n) is 6.17. The van der Waals surface area contributed by atoms with Gasteiger partial charge in [0.15, 0.2) is 0 Å². The lowest BCUT2D eigenvalue weighted by atomic mass is 10.1. The minimum Gasteiger partial charge on any atom is -0.454 e. The third-order valence-corrected chi connectivity index (χ3v) is 2.47. The molecule has 0 aromatic heterocycles. The monoisotopic (exact) mass is 260 g/mol. The third-order valence-electron chi connectivity index (χ3n) is 2.47. The number of esters is 1. The number of carbonyl (C=O) groups is 1. The standard InChI is InChI=1S/C13H24O5/c1-5-11(15)6-10(4)17-8-12(7-14)18-13(16)9(2)3/h10-12,14-15H,2,5-8H2,1,3-4H3. The van der Waals surface area contributed by atoms with Gasteiger partial charge in [0.05, 0.1) is 25.4 Å². The van der Waals surface area contributed by atoms with Gasteiger partial charge in [0.1, 0.15) is 6.10 Å². The summed E-state index contributed by atoms with van der Waals surface area (Å²) in [5, 5.41) is 18.5. The molecule has 0 amide bonds. The average Bonchev–Trinajstić information content (AvgIpc) is 2.33. The topological polar surface area (TPSA) is 76.0 Å². The van der Waals surface area contributed by atoms with Crippen LogP contribution in [0.15, 0.2) is 12.2 Å². The molecule has 2 N–H and O–H groups in total. The van der Waals surface area contributed by atoms with E-state index in [0.717, 1.165) is 0 Å². The van der Waals surface area contributed by atoms with Crippen LogP contribution in [0.1, 0.15) is 33.6 Å². The molecule has 0 radical (unpaired) electrons. The fraction of sp³-hybridized carbons (Fsp3) is 0.769. The maximum absolute atomic E-state index is 11.3. The van der Waals surface area contributed by atoms with Crippen LogP contribution in [0.25, 0.3) is 0 Å². The number of hydrogen-bond donors (Lipinski definition) is 2. The molecule has 0 aromatic carbocycles. The van der Waals surface area contributed by atoms with Crippen LogP contribution >= 0.6 is 0 Å². The van der Waals surface area contributed by atoms with Crippen molar-refractivity contribution in [1.29, 1.82) is 0 Å². The van der Waals surface area contributed by atoms with E-state index in [1.165, 1.54) is 6.92 Å². The summed E-state index contributed by atoms with van der Waals surface area (Å²) in [7, 11) is 0. The molecule has 3 atom stereocenters. The molecular weight excluding hydrogens is 236 g/mol. The molecule has 0 spiro atoms. The molecule has 0 aromatic rings. The Balaban J connectivity index is 3.99. The fourth-order valence-electron chi connectivity index (χ4n) is 1.27. The van der Waals surface area contributed by atoms with E-state index < -0.39 is 18.2 Å². The summed E-state index contributed by atoms with van der Waals surface area (Å²) >= 11 is 0. The molecule has 0 aliphatic carbocycles. The highest BCUT2D eigenvalue weighted by Crippen LogP contribution is 2.07. The number of aliphatic hydroxyl groups excluding tert-OH is 2. The maximum Gasteiger partial charge on any atom is 0.333 e. The highest BCUT2D eigenvalue weighted by Gasteiger charge is 2.16. The molecule has 0 heterocycles. The van der Waals surface area contributed by atoms with Crippen molar-refractivity contribution in [2.45, 2.75) is 51.9 Å². The van der Waals surface area contributed by atoms with Gasteiger partial charge in [0.25, 0.3) is 0 Å². The van der Waals surface area contributed by atoms with Gasteiger partial charge in [0, 0.05) is 5.57 Å². The Morgan fingerprint density at radius 1 is 1.44 bits per heavy atom. The SMILES string of the molecule is C=C(C)C(=O)OC(CO)COC(C)CC(O)CC. The summed E-state index contributed by atoms with van der Waals surface area (Å²) in [6, 6.07) is 0. The molecule has 0 aliphatic heterocycles. The second-order valence-electron chi connectivity index (χ2n) is 4.43. The van der Waals surface area contributed by atoms with E-state index in [0.29, 0.717) is 12.8 Å². The van der Waals surface area contributed by atoms with Gasteiger partial charge in [-0.05, 0) is 26.7 Å². The highest BCUT2D eigenvalue weighted by atomic mass is 16.6. The first-order valence-corrected chi connectivity index (χ1v) is 6.17. The summed E-state index contributed by atoms with van der Waals surface area (Å²) < 4.78 is 10.4. The van der Waals surface area contributed by atoms with Crippen LogP contribution in [-0.4, -0.2) is 47.7 Å². The van der Waals surface area contributed by atoms with Crippen LogP contribution in [0.4, 0.5) is 0 Å². The molecule has 0 saturated heterocycles. The van der Waals surface area contributed by atoms with Gasteiger partial charge in [-0.25, -0.2) is 4.79 Å². The van der Waals surface area contributed by atoms with Gasteiger partial charge in [0.2, 0.25) is 0 Å². The van der Waals surface area contributed by atoms with E-state index in [1.807, 2.05) is 13.8 Å². The van der Waals surface area contributed by atoms with Crippen LogP contribution in [0, 0.1) is 0 Å². The van der Waals surface area contributed by atoms with E-state index in [1.54, 1.807) is 0 Å². The van der Waals surface area contributed by atoms with Crippen molar-refractivity contribution in [2.75, 3.05) is 13.2 Å². The first kappa shape index (κ1) is 17.1. The number of hydrogen-bond acceptors (Lipinski definition) is 5. The molecular formula is C13H24O5. The summed E-state index contributed by atoms with van der Waals surface area (Å²) in [6.07, 6.45) is -0.0660. The second kappa shape index (κ2) is 9.08. The number of aliphatic hydroxyl groups is 2. The molecule has 3 unspecified atom stereocenters. The largest absolute Gasteiger partial charge is 0.454 e. The van der Waals surface area contributed by atoms with E-state index in [2.05, 4.69) is 6.58 Å². The van der Waals surface area contributed by atoms with E-state index in [-0.39, 0.29) is 24.9 Å². The molecule has 0 saturated carbocycles. The van der Waals surface area contributed by atoms with E-state index in [9.17, 15) is 9.90 Å². The van der Waals surface area contributed by atoms with Crippen molar-refractivity contribution in [2.24, 2.45) is 0 Å². The Morgan fingerprint density at radius 3 is 2.50 bits per heavy atom. The zero-order chi connectivity index (χ0) is 14.1. The Hall–Kier alpha value is -0.910. The normalized spacial score (nSPS) is 15.8. The van der Waals surface area contributed by atoms with Gasteiger partial charge in [-0.3, -0.25) is 0 Å². The van der Waals surface area contributed by atoms with Gasteiger partial charge in [-0.1, -0.05) is 13.5 Å². The summed E-state index contributed by atoms with van der Waals surface area (Å²) in [5.74, 6) is -0.543. The Labute approximate surface area is 108 Å². The zero-order valence-electron chi connectivity index (χ0n) is 11.4. The van der Waals surface area contributed by atoms with Crippen molar-refractivity contribution in [3.8, 4) is 0 Å². The quantitative estimate of drug-likeness (QED) is 0.478. The van der Waals surface area contributed by atoms with Crippen molar-refractivity contribution < 1.29 is 24.5 Å². The molecule has 0 aliphatic rings. The van der Waals surface area contributed by atoms with Crippen molar-refractivity contribution >= 4 is 5.97 Å². The van der Waals surface area contributed by atoms with Crippen molar-refractivity contribution in [1.82, 2.24) is 0 Å². The highest BCUT2D eigenvalue weighted by molar-refractivity contribution is 5.87. The van der Waals surface area contributed by atoms with Gasteiger partial charge < -0.3 is 19.7 Å². The number of carbonyl (C=O) groups excluding carboxylic acids is 1. The van der Waals surface area contributed by atoms with Crippen LogP contribution in [0.2, 0.25) is 0 Å². The number of rotatable bonds is 9. The molecule has 5 nitrogen and oxygen atoms in total. The first-order chi connectivity index (χ1) is 8.40. The molecule has 18 heavy (non-hydrogen) atoms. The Morgan fingerprint density at radius 2 is 2.06 bits per heavy atom. The minimum atomic E-state index is -0.699. The van der Waals surface area contributed by atoms with Crippen LogP contribution in [-0.2, 0) is 14.3 Å². The molecule has 0 bridgehead atoms. The van der Waals surface area contributed by atoms with Crippen LogP contribution in [0.5, 0.6) is 0 Å². The van der Waals surface area contributed by atoms with E-state index in [4.69, 9.17) is 14.6 Å². The average molecular weight is 260 g/mol. The zero-order valence-corrected chi connectivity index (χ0v) is 11.4. The number of ether oxygens (including phenoxy) is 2. The summed E-state index contributed by atoms with van der Waals surface area (Å²) in [6.45, 7) is 8.52. The smallest absolute Gasteiger partial charge is 0.333 e. The molecule has 106 valence electrons. The summed E-state index contributed by atoms with van der Waals surface area (Å²) in [4.78, 5) is 11.3. The Kier molecular flexibility index (Phi) is 8.62. The lowest BCUT2D eigenvalue weighted by Gasteiger charge is -2.20. The fourth-order valence-corrected chi connectivity index (χ4v) is 1.27. The van der Waals surface area contributed by atoms with Crippen molar-refractivity contribution in [3.05, 3.63) is 12.2 Å².